The van der Waals surface area contributed by atoms with E-state index >= 15 is 0 Å². The van der Waals surface area contributed by atoms with Crippen LogP contribution in [0.4, 0.5) is 0 Å². The molecule has 0 rings (SSSR count). The standard InChI is InChI=1S/C6H12O4/c7-4-5(8)2-1-3-6(9)10/h5,7-8H,1-4H2,(H,9,10). The molecule has 0 aliphatic heterocycles. The SMILES string of the molecule is O=C(O)CCCC(O)CO. The summed E-state index contributed by atoms with van der Waals surface area (Å²) < 4.78 is 0. The van der Waals surface area contributed by atoms with Crippen molar-refractivity contribution in [2.45, 2.75) is 25.4 Å². The fourth-order valence-electron chi connectivity index (χ4n) is 0.580. The number of aliphatic carboxylic acids is 1. The Balaban J connectivity index is 3.11. The van der Waals surface area contributed by atoms with E-state index in [4.69, 9.17) is 15.3 Å². The van der Waals surface area contributed by atoms with Crippen LogP contribution < -0.4 is 0 Å². The van der Waals surface area contributed by atoms with Crippen molar-refractivity contribution in [2.75, 3.05) is 6.61 Å². The number of hydrogen-bond acceptors (Lipinski definition) is 3. The van der Waals surface area contributed by atoms with E-state index in [9.17, 15) is 4.79 Å². The molecular formula is C6H12O4. The lowest BCUT2D eigenvalue weighted by molar-refractivity contribution is -0.137. The molecule has 0 bridgehead atoms. The minimum absolute atomic E-state index is 0.0526. The van der Waals surface area contributed by atoms with Gasteiger partial charge in [0.05, 0.1) is 12.7 Å². The molecule has 0 aromatic rings. The second kappa shape index (κ2) is 5.20. The Labute approximate surface area is 59.1 Å². The van der Waals surface area contributed by atoms with Crippen LogP contribution in [0.25, 0.3) is 0 Å². The van der Waals surface area contributed by atoms with Crippen molar-refractivity contribution < 1.29 is 20.1 Å². The predicted molar refractivity (Wildman–Crippen MR) is 34.6 cm³/mol. The summed E-state index contributed by atoms with van der Waals surface area (Å²) in [6.07, 6.45) is 0.0519. The molecule has 3 N–H and O–H groups in total. The van der Waals surface area contributed by atoms with E-state index < -0.39 is 12.1 Å². The van der Waals surface area contributed by atoms with Gasteiger partial charge in [0.25, 0.3) is 0 Å². The minimum Gasteiger partial charge on any atom is -0.481 e. The van der Waals surface area contributed by atoms with Crippen LogP contribution in [0.15, 0.2) is 0 Å². The highest BCUT2D eigenvalue weighted by Gasteiger charge is 2.02. The lowest BCUT2D eigenvalue weighted by Crippen LogP contribution is -2.11. The first-order valence-electron chi connectivity index (χ1n) is 3.17. The van der Waals surface area contributed by atoms with E-state index in [1.54, 1.807) is 0 Å². The summed E-state index contributed by atoms with van der Waals surface area (Å²) in [5, 5.41) is 25.2. The van der Waals surface area contributed by atoms with Gasteiger partial charge in [-0.1, -0.05) is 0 Å². The first kappa shape index (κ1) is 9.39. The van der Waals surface area contributed by atoms with Crippen molar-refractivity contribution in [2.24, 2.45) is 0 Å². The molecule has 0 aromatic carbocycles. The predicted octanol–water partition coefficient (Wildman–Crippen LogP) is -0.406. The topological polar surface area (TPSA) is 77.8 Å². The maximum Gasteiger partial charge on any atom is 0.303 e. The Morgan fingerprint density at radius 2 is 2.10 bits per heavy atom. The van der Waals surface area contributed by atoms with Gasteiger partial charge in [-0.15, -0.1) is 0 Å². The van der Waals surface area contributed by atoms with Crippen molar-refractivity contribution in [1.82, 2.24) is 0 Å². The summed E-state index contributed by atoms with van der Waals surface area (Å²) in [5.74, 6) is -0.870. The molecule has 10 heavy (non-hydrogen) atoms. The summed E-state index contributed by atoms with van der Waals surface area (Å²) >= 11 is 0. The van der Waals surface area contributed by atoms with E-state index in [1.165, 1.54) is 0 Å². The maximum absolute atomic E-state index is 9.92. The van der Waals surface area contributed by atoms with Gasteiger partial charge in [0.1, 0.15) is 0 Å². The highest BCUT2D eigenvalue weighted by atomic mass is 16.4. The van der Waals surface area contributed by atoms with Crippen LogP contribution in [-0.4, -0.2) is 34.0 Å². The zero-order chi connectivity index (χ0) is 7.98. The third kappa shape index (κ3) is 5.53. The number of carboxylic acids is 1. The van der Waals surface area contributed by atoms with Crippen molar-refractivity contribution in [1.29, 1.82) is 0 Å². The van der Waals surface area contributed by atoms with Crippen molar-refractivity contribution in [3.8, 4) is 0 Å². The van der Waals surface area contributed by atoms with Gasteiger partial charge < -0.3 is 15.3 Å². The monoisotopic (exact) mass is 148 g/mol. The Morgan fingerprint density at radius 3 is 2.50 bits per heavy atom. The van der Waals surface area contributed by atoms with Gasteiger partial charge in [-0.2, -0.15) is 0 Å². The fourth-order valence-corrected chi connectivity index (χ4v) is 0.580. The third-order valence-electron chi connectivity index (χ3n) is 1.14. The third-order valence-corrected chi connectivity index (χ3v) is 1.14. The summed E-state index contributed by atoms with van der Waals surface area (Å²) in [6, 6.07) is 0. The highest BCUT2D eigenvalue weighted by Crippen LogP contribution is 1.99. The van der Waals surface area contributed by atoms with Gasteiger partial charge in [-0.25, -0.2) is 0 Å². The number of aliphatic hydroxyl groups excluding tert-OH is 2. The number of carbonyl (C=O) groups is 1. The van der Waals surface area contributed by atoms with Crippen molar-refractivity contribution in [3.63, 3.8) is 0 Å². The molecule has 0 aromatic heterocycles. The molecule has 60 valence electrons. The minimum atomic E-state index is -0.870. The molecule has 0 spiro atoms. The molecule has 0 aliphatic carbocycles. The molecule has 1 unspecified atom stereocenters. The number of aliphatic hydroxyl groups is 2. The quantitative estimate of drug-likeness (QED) is 0.495. The zero-order valence-corrected chi connectivity index (χ0v) is 5.66. The lowest BCUT2D eigenvalue weighted by Gasteiger charge is -2.03. The Hall–Kier alpha value is -0.610. The largest absolute Gasteiger partial charge is 0.481 e. The highest BCUT2D eigenvalue weighted by molar-refractivity contribution is 5.66. The molecule has 0 heterocycles. The van der Waals surface area contributed by atoms with E-state index in [-0.39, 0.29) is 13.0 Å². The second-order valence-electron chi connectivity index (χ2n) is 2.12. The summed E-state index contributed by atoms with van der Waals surface area (Å²) in [4.78, 5) is 9.92. The van der Waals surface area contributed by atoms with E-state index in [1.807, 2.05) is 0 Å². The Morgan fingerprint density at radius 1 is 1.50 bits per heavy atom. The molecule has 0 saturated heterocycles. The molecule has 0 aliphatic rings. The Kier molecular flexibility index (Phi) is 4.88. The van der Waals surface area contributed by atoms with Gasteiger partial charge in [-0.05, 0) is 12.8 Å². The van der Waals surface area contributed by atoms with Gasteiger partial charge in [0.2, 0.25) is 0 Å². The van der Waals surface area contributed by atoms with Crippen molar-refractivity contribution >= 4 is 5.97 Å². The van der Waals surface area contributed by atoms with E-state index in [0.717, 1.165) is 0 Å². The van der Waals surface area contributed by atoms with Crippen LogP contribution in [0.3, 0.4) is 0 Å². The van der Waals surface area contributed by atoms with Crippen LogP contribution in [0, 0.1) is 0 Å². The second-order valence-corrected chi connectivity index (χ2v) is 2.12. The Bertz CT molecular complexity index is 102. The molecule has 4 nitrogen and oxygen atoms in total. The molecule has 4 heteroatoms. The first-order valence-corrected chi connectivity index (χ1v) is 3.17. The lowest BCUT2D eigenvalue weighted by atomic mass is 10.2. The van der Waals surface area contributed by atoms with Crippen LogP contribution in [0.2, 0.25) is 0 Å². The number of hydrogen-bond donors (Lipinski definition) is 3. The molecular weight excluding hydrogens is 136 g/mol. The van der Waals surface area contributed by atoms with Crippen molar-refractivity contribution in [3.05, 3.63) is 0 Å². The van der Waals surface area contributed by atoms with Gasteiger partial charge >= 0.3 is 5.97 Å². The average molecular weight is 148 g/mol. The van der Waals surface area contributed by atoms with Gasteiger partial charge in [0.15, 0.2) is 0 Å². The smallest absolute Gasteiger partial charge is 0.303 e. The normalized spacial score (nSPS) is 13.0. The molecule has 0 radical (unpaired) electrons. The summed E-state index contributed by atoms with van der Waals surface area (Å²) in [6.45, 7) is -0.292. The van der Waals surface area contributed by atoms with Crippen LogP contribution >= 0.6 is 0 Å². The molecule has 1 atom stereocenters. The fraction of sp³-hybridized carbons (Fsp3) is 0.833. The van der Waals surface area contributed by atoms with Gasteiger partial charge in [0, 0.05) is 6.42 Å². The maximum atomic E-state index is 9.92. The van der Waals surface area contributed by atoms with Crippen LogP contribution in [-0.2, 0) is 4.79 Å². The summed E-state index contributed by atoms with van der Waals surface area (Å²) in [7, 11) is 0. The molecule has 0 saturated carbocycles. The molecule has 0 amide bonds. The van der Waals surface area contributed by atoms with Crippen LogP contribution in [0.5, 0.6) is 0 Å². The first-order chi connectivity index (χ1) is 4.66. The van der Waals surface area contributed by atoms with Crippen LogP contribution in [0.1, 0.15) is 19.3 Å². The van der Waals surface area contributed by atoms with E-state index in [0.29, 0.717) is 12.8 Å². The zero-order valence-electron chi connectivity index (χ0n) is 5.66. The summed E-state index contributed by atoms with van der Waals surface area (Å²) in [5.41, 5.74) is 0. The van der Waals surface area contributed by atoms with Gasteiger partial charge in [-0.3, -0.25) is 4.79 Å². The number of carboxylic acid groups (broad SMARTS) is 1. The number of rotatable bonds is 5. The van der Waals surface area contributed by atoms with E-state index in [2.05, 4.69) is 0 Å². The molecule has 0 fully saturated rings. The average Bonchev–Trinajstić information content (AvgIpc) is 1.87.